The van der Waals surface area contributed by atoms with Crippen LogP contribution in [0.2, 0.25) is 0 Å². The van der Waals surface area contributed by atoms with E-state index < -0.39 is 0 Å². The molecule has 94 valence electrons. The summed E-state index contributed by atoms with van der Waals surface area (Å²) < 4.78 is 6.44. The van der Waals surface area contributed by atoms with E-state index in [4.69, 9.17) is 10.5 Å². The Morgan fingerprint density at radius 3 is 2.68 bits per heavy atom. The number of nitrogens with two attached hydrogens (primary N) is 1. The van der Waals surface area contributed by atoms with Gasteiger partial charge in [0, 0.05) is 10.7 Å². The number of hydrogen-bond donors (Lipinski definition) is 2. The van der Waals surface area contributed by atoms with Gasteiger partial charge in [0.2, 0.25) is 5.88 Å². The molecule has 1 unspecified atom stereocenters. The van der Waals surface area contributed by atoms with Crippen LogP contribution in [0.15, 0.2) is 52.5 Å². The molecule has 2 aromatic rings. The van der Waals surface area contributed by atoms with Crippen LogP contribution >= 0.6 is 15.9 Å². The normalized spacial score (nSPS) is 17.6. The molecule has 1 aromatic carbocycles. The fourth-order valence-electron chi connectivity index (χ4n) is 2.25. The summed E-state index contributed by atoms with van der Waals surface area (Å²) in [6, 6.07) is 11.8. The Bertz CT molecular complexity index is 694. The minimum Gasteiger partial charge on any atom is -0.439 e. The van der Waals surface area contributed by atoms with Crippen molar-refractivity contribution in [2.75, 3.05) is 0 Å². The highest BCUT2D eigenvalue weighted by atomic mass is 79.9. The highest BCUT2D eigenvalue weighted by Crippen LogP contribution is 2.41. The van der Waals surface area contributed by atoms with E-state index in [-0.39, 0.29) is 11.8 Å². The average molecular weight is 316 g/mol. The van der Waals surface area contributed by atoms with E-state index >= 15 is 0 Å². The monoisotopic (exact) mass is 315 g/mol. The van der Waals surface area contributed by atoms with Crippen LogP contribution in [-0.4, -0.2) is 4.98 Å². The number of aromatic amines is 1. The number of fused-ring (bicyclic) bond motifs is 1. The number of nitrogens with zero attached hydrogens (tertiary/aromatic N) is 1. The highest BCUT2D eigenvalue weighted by Gasteiger charge is 2.31. The first-order valence-corrected chi connectivity index (χ1v) is 6.50. The molecule has 0 saturated carbocycles. The smallest absolute Gasteiger partial charge is 0.205 e. The van der Waals surface area contributed by atoms with E-state index in [1.165, 1.54) is 0 Å². The number of benzene rings is 1. The molecule has 0 aliphatic carbocycles. The number of ether oxygens (including phenoxy) is 1. The minimum atomic E-state index is -0.211. The van der Waals surface area contributed by atoms with E-state index in [0.717, 1.165) is 15.7 Å². The molecule has 0 amide bonds. The van der Waals surface area contributed by atoms with Gasteiger partial charge in [-0.05, 0) is 23.8 Å². The standard InChI is InChI=1S/C14H10BrN3O/c15-9-3-1-8(2-4-9)12-10(7-16)14(17)19-11-5-6-18-13(11)12/h1-6,12,18H,17H2. The number of rotatable bonds is 1. The second kappa shape index (κ2) is 4.48. The van der Waals surface area contributed by atoms with Gasteiger partial charge in [0.25, 0.3) is 0 Å². The van der Waals surface area contributed by atoms with Gasteiger partial charge in [0.15, 0.2) is 5.75 Å². The fourth-order valence-corrected chi connectivity index (χ4v) is 2.52. The van der Waals surface area contributed by atoms with E-state index in [9.17, 15) is 5.26 Å². The molecule has 0 bridgehead atoms. The molecule has 3 rings (SSSR count). The third-order valence-corrected chi connectivity index (χ3v) is 3.65. The predicted octanol–water partition coefficient (Wildman–Crippen LogP) is 3.00. The first kappa shape index (κ1) is 11.9. The SMILES string of the molecule is N#CC1=C(N)Oc2cc[nH]c2C1c1ccc(Br)cc1. The second-order valence-corrected chi connectivity index (χ2v) is 5.15. The quantitative estimate of drug-likeness (QED) is 0.849. The molecule has 1 aliphatic heterocycles. The lowest BCUT2D eigenvalue weighted by atomic mass is 9.87. The van der Waals surface area contributed by atoms with Gasteiger partial charge < -0.3 is 15.5 Å². The Balaban J connectivity index is 2.18. The van der Waals surface area contributed by atoms with Crippen LogP contribution in [0.25, 0.3) is 0 Å². The molecule has 0 radical (unpaired) electrons. The third kappa shape index (κ3) is 1.90. The summed E-state index contributed by atoms with van der Waals surface area (Å²) in [5, 5.41) is 9.32. The summed E-state index contributed by atoms with van der Waals surface area (Å²) in [6.45, 7) is 0. The Labute approximate surface area is 118 Å². The van der Waals surface area contributed by atoms with E-state index in [2.05, 4.69) is 27.0 Å². The molecule has 19 heavy (non-hydrogen) atoms. The van der Waals surface area contributed by atoms with Crippen molar-refractivity contribution in [2.45, 2.75) is 5.92 Å². The maximum absolute atomic E-state index is 9.32. The van der Waals surface area contributed by atoms with Gasteiger partial charge in [-0.2, -0.15) is 5.26 Å². The second-order valence-electron chi connectivity index (χ2n) is 4.23. The highest BCUT2D eigenvalue weighted by molar-refractivity contribution is 9.10. The Hall–Kier alpha value is -2.19. The number of allylic oxidation sites excluding steroid dienone is 1. The van der Waals surface area contributed by atoms with Gasteiger partial charge in [0.1, 0.15) is 11.6 Å². The minimum absolute atomic E-state index is 0.169. The summed E-state index contributed by atoms with van der Waals surface area (Å²) in [5.74, 6) is 0.629. The molecule has 2 heterocycles. The van der Waals surface area contributed by atoms with Crippen molar-refractivity contribution < 1.29 is 4.74 Å². The lowest BCUT2D eigenvalue weighted by molar-refractivity contribution is 0.393. The van der Waals surface area contributed by atoms with Gasteiger partial charge in [-0.1, -0.05) is 28.1 Å². The van der Waals surface area contributed by atoms with Crippen molar-refractivity contribution in [2.24, 2.45) is 5.73 Å². The summed E-state index contributed by atoms with van der Waals surface area (Å²) >= 11 is 3.40. The predicted molar refractivity (Wildman–Crippen MR) is 74.2 cm³/mol. The summed E-state index contributed by atoms with van der Waals surface area (Å²) in [4.78, 5) is 3.13. The largest absolute Gasteiger partial charge is 0.439 e. The van der Waals surface area contributed by atoms with Gasteiger partial charge in [-0.15, -0.1) is 0 Å². The number of nitriles is 1. The lowest BCUT2D eigenvalue weighted by Crippen LogP contribution is -2.20. The number of aromatic nitrogens is 1. The number of halogens is 1. The van der Waals surface area contributed by atoms with Crippen LogP contribution in [0.1, 0.15) is 17.2 Å². The molecule has 5 heteroatoms. The third-order valence-electron chi connectivity index (χ3n) is 3.13. The molecule has 0 fully saturated rings. The molecule has 1 atom stereocenters. The van der Waals surface area contributed by atoms with Crippen molar-refractivity contribution in [3.8, 4) is 11.8 Å². The molecule has 1 aromatic heterocycles. The van der Waals surface area contributed by atoms with Crippen molar-refractivity contribution in [3.05, 3.63) is 63.7 Å². The summed E-state index contributed by atoms with van der Waals surface area (Å²) in [6.07, 6.45) is 1.78. The molecule has 0 spiro atoms. The van der Waals surface area contributed by atoms with Crippen LogP contribution in [0.3, 0.4) is 0 Å². The van der Waals surface area contributed by atoms with Crippen molar-refractivity contribution in [1.29, 1.82) is 5.26 Å². The van der Waals surface area contributed by atoms with E-state index in [1.807, 2.05) is 30.3 Å². The lowest BCUT2D eigenvalue weighted by Gasteiger charge is -2.23. The van der Waals surface area contributed by atoms with E-state index in [1.54, 1.807) is 6.20 Å². The number of hydrogen-bond acceptors (Lipinski definition) is 3. The van der Waals surface area contributed by atoms with E-state index in [0.29, 0.717) is 11.3 Å². The topological polar surface area (TPSA) is 74.8 Å². The van der Waals surface area contributed by atoms with Gasteiger partial charge in [-0.3, -0.25) is 0 Å². The Kier molecular flexibility index (Phi) is 2.80. The molecular formula is C14H10BrN3O. The van der Waals surface area contributed by atoms with Crippen molar-refractivity contribution in [3.63, 3.8) is 0 Å². The zero-order valence-corrected chi connectivity index (χ0v) is 11.4. The molecule has 4 nitrogen and oxygen atoms in total. The van der Waals surface area contributed by atoms with Crippen LogP contribution < -0.4 is 10.5 Å². The van der Waals surface area contributed by atoms with Crippen LogP contribution in [0.5, 0.6) is 5.75 Å². The van der Waals surface area contributed by atoms with Gasteiger partial charge >= 0.3 is 0 Å². The summed E-state index contributed by atoms with van der Waals surface area (Å²) in [5.41, 5.74) is 8.11. The zero-order chi connectivity index (χ0) is 13.4. The van der Waals surface area contributed by atoms with Crippen LogP contribution in [0.4, 0.5) is 0 Å². The van der Waals surface area contributed by atoms with Crippen molar-refractivity contribution in [1.82, 2.24) is 4.98 Å². The maximum atomic E-state index is 9.32. The fraction of sp³-hybridized carbons (Fsp3) is 0.0714. The van der Waals surface area contributed by atoms with Gasteiger partial charge in [-0.25, -0.2) is 0 Å². The number of nitrogens with one attached hydrogen (secondary N) is 1. The Morgan fingerprint density at radius 1 is 1.26 bits per heavy atom. The molecule has 0 saturated heterocycles. The van der Waals surface area contributed by atoms with Crippen molar-refractivity contribution >= 4 is 15.9 Å². The molecule has 1 aliphatic rings. The average Bonchev–Trinajstić information content (AvgIpc) is 2.86. The zero-order valence-electron chi connectivity index (χ0n) is 9.85. The molecule has 3 N–H and O–H groups in total. The first-order chi connectivity index (χ1) is 9.20. The van der Waals surface area contributed by atoms with Crippen LogP contribution in [0, 0.1) is 11.3 Å². The van der Waals surface area contributed by atoms with Crippen LogP contribution in [-0.2, 0) is 0 Å². The first-order valence-electron chi connectivity index (χ1n) is 5.71. The molecular weight excluding hydrogens is 306 g/mol. The Morgan fingerprint density at radius 2 is 2.00 bits per heavy atom. The van der Waals surface area contributed by atoms with Gasteiger partial charge in [0.05, 0.1) is 11.6 Å². The number of H-pyrrole nitrogens is 1. The summed E-state index contributed by atoms with van der Waals surface area (Å²) in [7, 11) is 0. The maximum Gasteiger partial charge on any atom is 0.205 e.